The summed E-state index contributed by atoms with van der Waals surface area (Å²) in [6.45, 7) is 3.31. The van der Waals surface area contributed by atoms with Crippen molar-refractivity contribution < 1.29 is 9.53 Å². The van der Waals surface area contributed by atoms with Crippen LogP contribution in [0.15, 0.2) is 22.9 Å². The van der Waals surface area contributed by atoms with Crippen molar-refractivity contribution in [1.82, 2.24) is 9.88 Å². The fourth-order valence-corrected chi connectivity index (χ4v) is 2.57. The fraction of sp³-hybridized carbons (Fsp3) is 0.571. The van der Waals surface area contributed by atoms with Gasteiger partial charge in [0.05, 0.1) is 12.2 Å². The van der Waals surface area contributed by atoms with Gasteiger partial charge in [-0.15, -0.1) is 0 Å². The van der Waals surface area contributed by atoms with Crippen molar-refractivity contribution in [2.75, 3.05) is 20.3 Å². The van der Waals surface area contributed by atoms with Crippen molar-refractivity contribution in [3.8, 4) is 0 Å². The third kappa shape index (κ3) is 3.76. The highest BCUT2D eigenvalue weighted by molar-refractivity contribution is 9.10. The Morgan fingerprint density at radius 2 is 2.32 bits per heavy atom. The molecule has 1 atom stereocenters. The van der Waals surface area contributed by atoms with E-state index in [0.29, 0.717) is 24.6 Å². The number of nitrogens with zero attached hydrogens (tertiary/aromatic N) is 2. The molecule has 0 saturated heterocycles. The number of ether oxygens (including phenoxy) is 1. The summed E-state index contributed by atoms with van der Waals surface area (Å²) in [7, 11) is 1.66. The summed E-state index contributed by atoms with van der Waals surface area (Å²) in [4.78, 5) is 18.6. The largest absolute Gasteiger partial charge is 0.383 e. The van der Waals surface area contributed by atoms with Gasteiger partial charge in [-0.3, -0.25) is 9.78 Å². The molecular weight excluding hydrogens is 308 g/mol. The quantitative estimate of drug-likeness (QED) is 0.807. The highest BCUT2D eigenvalue weighted by atomic mass is 79.9. The van der Waals surface area contributed by atoms with E-state index >= 15 is 0 Å². The molecule has 1 aliphatic rings. The van der Waals surface area contributed by atoms with Crippen molar-refractivity contribution in [3.63, 3.8) is 0 Å². The Balaban J connectivity index is 2.14. The number of carbonyl (C=O) groups is 1. The number of halogens is 1. The van der Waals surface area contributed by atoms with Crippen LogP contribution in [0.25, 0.3) is 0 Å². The number of carbonyl (C=O) groups excluding carboxylic acids is 1. The summed E-state index contributed by atoms with van der Waals surface area (Å²) < 4.78 is 5.94. The number of pyridine rings is 1. The summed E-state index contributed by atoms with van der Waals surface area (Å²) in [6.07, 6.45) is 5.73. The standard InChI is InChI=1S/C14H19BrN2O2/c1-10(11-3-4-11)17(5-6-19-2)14(18)12-7-13(15)9-16-8-12/h7-11H,3-6H2,1-2H3. The van der Waals surface area contributed by atoms with E-state index < -0.39 is 0 Å². The lowest BCUT2D eigenvalue weighted by atomic mass is 10.1. The molecule has 1 amide bonds. The second kappa shape index (κ2) is 6.48. The number of hydrogen-bond acceptors (Lipinski definition) is 3. The molecule has 0 bridgehead atoms. The van der Waals surface area contributed by atoms with Crippen LogP contribution in [-0.2, 0) is 4.74 Å². The molecule has 1 aromatic rings. The zero-order valence-electron chi connectivity index (χ0n) is 11.3. The van der Waals surface area contributed by atoms with E-state index in [1.54, 1.807) is 19.5 Å². The molecule has 0 aliphatic heterocycles. The van der Waals surface area contributed by atoms with Crippen LogP contribution in [0, 0.1) is 5.92 Å². The number of rotatable bonds is 6. The number of methoxy groups -OCH3 is 1. The molecule has 2 rings (SSSR count). The molecule has 0 aromatic carbocycles. The van der Waals surface area contributed by atoms with Crippen LogP contribution in [0.5, 0.6) is 0 Å². The normalized spacial score (nSPS) is 16.2. The molecule has 1 aliphatic carbocycles. The van der Waals surface area contributed by atoms with Gasteiger partial charge in [0.25, 0.3) is 5.91 Å². The van der Waals surface area contributed by atoms with Gasteiger partial charge in [-0.05, 0) is 47.7 Å². The summed E-state index contributed by atoms with van der Waals surface area (Å²) in [6, 6.07) is 2.08. The SMILES string of the molecule is COCCN(C(=O)c1cncc(Br)c1)C(C)C1CC1. The topological polar surface area (TPSA) is 42.4 Å². The van der Waals surface area contributed by atoms with Crippen LogP contribution in [0.3, 0.4) is 0 Å². The van der Waals surface area contributed by atoms with E-state index in [0.717, 1.165) is 4.47 Å². The van der Waals surface area contributed by atoms with Gasteiger partial charge < -0.3 is 9.64 Å². The molecule has 1 fully saturated rings. The van der Waals surface area contributed by atoms with E-state index in [1.807, 2.05) is 11.0 Å². The van der Waals surface area contributed by atoms with E-state index in [-0.39, 0.29) is 11.9 Å². The van der Waals surface area contributed by atoms with Gasteiger partial charge in [0, 0.05) is 36.6 Å². The molecule has 0 radical (unpaired) electrons. The number of hydrogen-bond donors (Lipinski definition) is 0. The van der Waals surface area contributed by atoms with Crippen LogP contribution in [-0.4, -0.2) is 42.1 Å². The minimum Gasteiger partial charge on any atom is -0.383 e. The Morgan fingerprint density at radius 3 is 2.89 bits per heavy atom. The van der Waals surface area contributed by atoms with E-state index in [9.17, 15) is 4.79 Å². The fourth-order valence-electron chi connectivity index (χ4n) is 2.21. The van der Waals surface area contributed by atoms with Crippen molar-refractivity contribution in [3.05, 3.63) is 28.5 Å². The third-order valence-corrected chi connectivity index (χ3v) is 3.98. The average molecular weight is 327 g/mol. The summed E-state index contributed by atoms with van der Waals surface area (Å²) in [5.41, 5.74) is 0.623. The second-order valence-electron chi connectivity index (χ2n) is 4.96. The highest BCUT2D eigenvalue weighted by Crippen LogP contribution is 2.35. The van der Waals surface area contributed by atoms with Gasteiger partial charge in [-0.2, -0.15) is 0 Å². The summed E-state index contributed by atoms with van der Waals surface area (Å²) >= 11 is 3.35. The Morgan fingerprint density at radius 1 is 1.58 bits per heavy atom. The lowest BCUT2D eigenvalue weighted by Gasteiger charge is -2.29. The van der Waals surface area contributed by atoms with Gasteiger partial charge in [0.15, 0.2) is 0 Å². The van der Waals surface area contributed by atoms with E-state index in [2.05, 4.69) is 27.8 Å². The molecule has 4 nitrogen and oxygen atoms in total. The van der Waals surface area contributed by atoms with Gasteiger partial charge in [0.2, 0.25) is 0 Å². The molecule has 5 heteroatoms. The van der Waals surface area contributed by atoms with E-state index in [4.69, 9.17) is 4.74 Å². The van der Waals surface area contributed by atoms with Crippen molar-refractivity contribution in [1.29, 1.82) is 0 Å². The predicted molar refractivity (Wildman–Crippen MR) is 77.0 cm³/mol. The molecule has 1 heterocycles. The third-order valence-electron chi connectivity index (χ3n) is 3.54. The lowest BCUT2D eigenvalue weighted by molar-refractivity contribution is 0.0594. The Bertz CT molecular complexity index is 449. The maximum absolute atomic E-state index is 12.6. The molecule has 1 saturated carbocycles. The van der Waals surface area contributed by atoms with Gasteiger partial charge in [-0.1, -0.05) is 0 Å². The van der Waals surface area contributed by atoms with Gasteiger partial charge >= 0.3 is 0 Å². The average Bonchev–Trinajstić information content (AvgIpc) is 3.23. The summed E-state index contributed by atoms with van der Waals surface area (Å²) in [5, 5.41) is 0. The highest BCUT2D eigenvalue weighted by Gasteiger charge is 2.34. The zero-order chi connectivity index (χ0) is 13.8. The molecular formula is C14H19BrN2O2. The lowest BCUT2D eigenvalue weighted by Crippen LogP contribution is -2.42. The van der Waals surface area contributed by atoms with Crippen molar-refractivity contribution in [2.24, 2.45) is 5.92 Å². The van der Waals surface area contributed by atoms with Crippen molar-refractivity contribution in [2.45, 2.75) is 25.8 Å². The summed E-state index contributed by atoms with van der Waals surface area (Å²) in [5.74, 6) is 0.672. The molecule has 0 spiro atoms. The first-order valence-electron chi connectivity index (χ1n) is 6.54. The first-order valence-corrected chi connectivity index (χ1v) is 7.33. The Hall–Kier alpha value is -0.940. The zero-order valence-corrected chi connectivity index (χ0v) is 12.9. The molecule has 19 heavy (non-hydrogen) atoms. The van der Waals surface area contributed by atoms with Crippen LogP contribution in [0.4, 0.5) is 0 Å². The minimum atomic E-state index is 0.0326. The van der Waals surface area contributed by atoms with Gasteiger partial charge in [-0.25, -0.2) is 0 Å². The maximum Gasteiger partial charge on any atom is 0.255 e. The van der Waals surface area contributed by atoms with Crippen LogP contribution >= 0.6 is 15.9 Å². The maximum atomic E-state index is 12.6. The molecule has 104 valence electrons. The Kier molecular flexibility index (Phi) is 4.93. The second-order valence-corrected chi connectivity index (χ2v) is 5.88. The molecule has 1 aromatic heterocycles. The Labute approximate surface area is 122 Å². The van der Waals surface area contributed by atoms with Crippen LogP contribution < -0.4 is 0 Å². The monoisotopic (exact) mass is 326 g/mol. The number of amides is 1. The molecule has 0 N–H and O–H groups in total. The minimum absolute atomic E-state index is 0.0326. The first-order chi connectivity index (χ1) is 9.13. The predicted octanol–water partition coefficient (Wildman–Crippen LogP) is 2.73. The van der Waals surface area contributed by atoms with E-state index in [1.165, 1.54) is 12.8 Å². The smallest absolute Gasteiger partial charge is 0.255 e. The number of aromatic nitrogens is 1. The van der Waals surface area contributed by atoms with Crippen molar-refractivity contribution >= 4 is 21.8 Å². The molecule has 1 unspecified atom stereocenters. The van der Waals surface area contributed by atoms with Crippen LogP contribution in [0.2, 0.25) is 0 Å². The first kappa shape index (κ1) is 14.5. The van der Waals surface area contributed by atoms with Gasteiger partial charge in [0.1, 0.15) is 0 Å². The van der Waals surface area contributed by atoms with Crippen LogP contribution in [0.1, 0.15) is 30.1 Å².